The third kappa shape index (κ3) is 6.53. The quantitative estimate of drug-likeness (QED) is 0.502. The molecule has 2 saturated heterocycles. The highest BCUT2D eigenvalue weighted by molar-refractivity contribution is 5.68. The number of nitrogens with zero attached hydrogens (tertiary/aromatic N) is 3. The molecule has 0 saturated carbocycles. The molecule has 8 nitrogen and oxygen atoms in total. The van der Waals surface area contributed by atoms with Gasteiger partial charge in [0.2, 0.25) is 0 Å². The summed E-state index contributed by atoms with van der Waals surface area (Å²) in [6, 6.07) is 3.81. The Balaban J connectivity index is 1.39. The number of amides is 1. The van der Waals surface area contributed by atoms with Crippen LogP contribution in [0.25, 0.3) is 0 Å². The highest BCUT2D eigenvalue weighted by Crippen LogP contribution is 2.29. The van der Waals surface area contributed by atoms with Gasteiger partial charge >= 0.3 is 6.09 Å². The summed E-state index contributed by atoms with van der Waals surface area (Å²) in [5.74, 6) is -0.151. The van der Waals surface area contributed by atoms with Crippen molar-refractivity contribution >= 4 is 17.5 Å². The molecule has 1 amide bonds. The number of halogens is 1. The lowest BCUT2D eigenvalue weighted by atomic mass is 9.97. The molecule has 3 rings (SSSR count). The van der Waals surface area contributed by atoms with Gasteiger partial charge in [-0.15, -0.1) is 0 Å². The summed E-state index contributed by atoms with van der Waals surface area (Å²) in [4.78, 5) is 26.0. The summed E-state index contributed by atoms with van der Waals surface area (Å²) in [5, 5.41) is 10.8. The van der Waals surface area contributed by atoms with Gasteiger partial charge in [0.25, 0.3) is 5.69 Å². The molecule has 2 aliphatic heterocycles. The van der Waals surface area contributed by atoms with E-state index in [1.54, 1.807) is 4.90 Å². The third-order valence-electron chi connectivity index (χ3n) is 5.76. The molecule has 0 unspecified atom stereocenters. The largest absolute Gasteiger partial charge is 0.444 e. The van der Waals surface area contributed by atoms with Crippen LogP contribution < -0.4 is 4.90 Å². The van der Waals surface area contributed by atoms with Crippen LogP contribution in [0.15, 0.2) is 18.2 Å². The van der Waals surface area contributed by atoms with E-state index >= 15 is 0 Å². The number of anilines is 1. The minimum atomic E-state index is -0.589. The molecule has 172 valence electrons. The molecule has 2 aliphatic rings. The van der Waals surface area contributed by atoms with Crippen molar-refractivity contribution in [3.8, 4) is 0 Å². The summed E-state index contributed by atoms with van der Waals surface area (Å²) in [5.41, 5.74) is -0.307. The molecule has 0 radical (unpaired) electrons. The number of nitro groups is 1. The molecule has 2 fully saturated rings. The summed E-state index contributed by atoms with van der Waals surface area (Å²) >= 11 is 0. The molecule has 9 heteroatoms. The van der Waals surface area contributed by atoms with Crippen molar-refractivity contribution in [2.24, 2.45) is 5.92 Å². The molecule has 0 N–H and O–H groups in total. The zero-order chi connectivity index (χ0) is 22.6. The fourth-order valence-electron chi connectivity index (χ4n) is 4.01. The number of rotatable bonds is 5. The highest BCUT2D eigenvalue weighted by atomic mass is 19.1. The lowest BCUT2D eigenvalue weighted by Gasteiger charge is -2.36. The van der Waals surface area contributed by atoms with E-state index in [1.165, 1.54) is 12.1 Å². The standard InChI is InChI=1S/C22H32FN3O5/c1-22(2,3)31-21(27)25-12-8-18(9-13-25)30-15-16-6-10-24(11-7-16)20-5-4-17(26(28)29)14-19(20)23/h4-5,14,16,18H,6-13,15H2,1-3H3. The number of piperidine rings is 2. The minimum Gasteiger partial charge on any atom is -0.444 e. The van der Waals surface area contributed by atoms with Gasteiger partial charge in [-0.2, -0.15) is 0 Å². The van der Waals surface area contributed by atoms with Gasteiger partial charge in [0.05, 0.1) is 22.8 Å². The number of carbonyl (C=O) groups excluding carboxylic acids is 1. The van der Waals surface area contributed by atoms with Crippen molar-refractivity contribution in [3.05, 3.63) is 34.1 Å². The maximum atomic E-state index is 14.3. The second-order valence-corrected chi connectivity index (χ2v) is 9.32. The van der Waals surface area contributed by atoms with Crippen LogP contribution in [0, 0.1) is 21.8 Å². The van der Waals surface area contributed by atoms with Crippen molar-refractivity contribution in [3.63, 3.8) is 0 Å². The normalized spacial score (nSPS) is 18.8. The molecular formula is C22H32FN3O5. The Morgan fingerprint density at radius 2 is 1.81 bits per heavy atom. The van der Waals surface area contributed by atoms with E-state index in [0.29, 0.717) is 44.4 Å². The van der Waals surface area contributed by atoms with Crippen LogP contribution in [0.5, 0.6) is 0 Å². The zero-order valence-corrected chi connectivity index (χ0v) is 18.5. The first-order valence-electron chi connectivity index (χ1n) is 10.9. The molecule has 1 aromatic rings. The Morgan fingerprint density at radius 3 is 2.35 bits per heavy atom. The number of benzene rings is 1. The molecule has 0 atom stereocenters. The summed E-state index contributed by atoms with van der Waals surface area (Å²) in [7, 11) is 0. The van der Waals surface area contributed by atoms with Crippen LogP contribution in [0.1, 0.15) is 46.5 Å². The van der Waals surface area contributed by atoms with Gasteiger partial charge in [-0.25, -0.2) is 9.18 Å². The zero-order valence-electron chi connectivity index (χ0n) is 18.5. The Bertz CT molecular complexity index is 782. The van der Waals surface area contributed by atoms with Gasteiger partial charge in [-0.05, 0) is 58.4 Å². The van der Waals surface area contributed by atoms with E-state index in [0.717, 1.165) is 31.7 Å². The van der Waals surface area contributed by atoms with Crippen LogP contribution in [0.3, 0.4) is 0 Å². The monoisotopic (exact) mass is 437 g/mol. The fourth-order valence-corrected chi connectivity index (χ4v) is 4.01. The maximum Gasteiger partial charge on any atom is 0.410 e. The van der Waals surface area contributed by atoms with E-state index < -0.39 is 16.3 Å². The lowest BCUT2D eigenvalue weighted by molar-refractivity contribution is -0.385. The number of non-ortho nitro benzene ring substituents is 1. The average Bonchev–Trinajstić information content (AvgIpc) is 2.72. The summed E-state index contributed by atoms with van der Waals surface area (Å²) in [6.45, 7) is 8.91. The van der Waals surface area contributed by atoms with E-state index in [2.05, 4.69) is 0 Å². The minimum absolute atomic E-state index is 0.142. The van der Waals surface area contributed by atoms with E-state index in [4.69, 9.17) is 9.47 Å². The van der Waals surface area contributed by atoms with Crippen LogP contribution >= 0.6 is 0 Å². The van der Waals surface area contributed by atoms with Gasteiger partial charge in [0.1, 0.15) is 5.60 Å². The average molecular weight is 438 g/mol. The molecule has 0 aromatic heterocycles. The van der Waals surface area contributed by atoms with Gasteiger partial charge in [-0.1, -0.05) is 0 Å². The first-order chi connectivity index (χ1) is 14.6. The molecule has 0 bridgehead atoms. The van der Waals surface area contributed by atoms with Gasteiger partial charge in [-0.3, -0.25) is 10.1 Å². The molecular weight excluding hydrogens is 405 g/mol. The first kappa shape index (κ1) is 23.2. The second kappa shape index (κ2) is 9.80. The smallest absolute Gasteiger partial charge is 0.410 e. The highest BCUT2D eigenvalue weighted by Gasteiger charge is 2.28. The van der Waals surface area contributed by atoms with Crippen molar-refractivity contribution in [1.82, 2.24) is 4.90 Å². The molecule has 0 spiro atoms. The van der Waals surface area contributed by atoms with Crippen molar-refractivity contribution in [2.45, 2.75) is 58.2 Å². The number of carbonyl (C=O) groups is 1. The lowest BCUT2D eigenvalue weighted by Crippen LogP contribution is -2.44. The Morgan fingerprint density at radius 1 is 1.16 bits per heavy atom. The number of hydrogen-bond acceptors (Lipinski definition) is 6. The van der Waals surface area contributed by atoms with Crippen molar-refractivity contribution in [2.75, 3.05) is 37.7 Å². The van der Waals surface area contributed by atoms with Crippen molar-refractivity contribution < 1.29 is 23.6 Å². The van der Waals surface area contributed by atoms with Crippen LogP contribution in [0.4, 0.5) is 20.6 Å². The topological polar surface area (TPSA) is 85.1 Å². The Labute approximate surface area is 182 Å². The van der Waals surface area contributed by atoms with Crippen LogP contribution in [-0.4, -0.2) is 60.4 Å². The molecule has 2 heterocycles. The van der Waals surface area contributed by atoms with Crippen LogP contribution in [0.2, 0.25) is 0 Å². The van der Waals surface area contributed by atoms with Crippen LogP contribution in [-0.2, 0) is 9.47 Å². The third-order valence-corrected chi connectivity index (χ3v) is 5.76. The first-order valence-corrected chi connectivity index (χ1v) is 10.9. The number of ether oxygens (including phenoxy) is 2. The number of hydrogen-bond donors (Lipinski definition) is 0. The summed E-state index contributed by atoms with van der Waals surface area (Å²) in [6.07, 6.45) is 3.24. The molecule has 1 aromatic carbocycles. The molecule has 31 heavy (non-hydrogen) atoms. The maximum absolute atomic E-state index is 14.3. The fraction of sp³-hybridized carbons (Fsp3) is 0.682. The van der Waals surface area contributed by atoms with E-state index in [9.17, 15) is 19.3 Å². The summed E-state index contributed by atoms with van der Waals surface area (Å²) < 4.78 is 25.8. The SMILES string of the molecule is CC(C)(C)OC(=O)N1CCC(OCC2CCN(c3ccc([N+](=O)[O-])cc3F)CC2)CC1. The van der Waals surface area contributed by atoms with Gasteiger partial charge in [0.15, 0.2) is 5.82 Å². The van der Waals surface area contributed by atoms with Gasteiger partial charge < -0.3 is 19.3 Å². The second-order valence-electron chi connectivity index (χ2n) is 9.32. The van der Waals surface area contributed by atoms with Gasteiger partial charge in [0, 0.05) is 38.9 Å². The Hall–Kier alpha value is -2.42. The molecule has 0 aliphatic carbocycles. The number of likely N-dealkylation sites (tertiary alicyclic amines) is 1. The number of nitro benzene ring substituents is 1. The Kier molecular flexibility index (Phi) is 7.35. The predicted molar refractivity (Wildman–Crippen MR) is 115 cm³/mol. The van der Waals surface area contributed by atoms with E-state index in [-0.39, 0.29) is 17.9 Å². The van der Waals surface area contributed by atoms with E-state index in [1.807, 2.05) is 25.7 Å². The van der Waals surface area contributed by atoms with Crippen molar-refractivity contribution in [1.29, 1.82) is 0 Å². The predicted octanol–water partition coefficient (Wildman–Crippen LogP) is 4.37.